The molecule has 0 saturated heterocycles. The third-order valence-electron chi connectivity index (χ3n) is 3.18. The Hall–Kier alpha value is -2.32. The summed E-state index contributed by atoms with van der Waals surface area (Å²) in [6.07, 6.45) is -4.91. The van der Waals surface area contributed by atoms with Gasteiger partial charge in [0.15, 0.2) is 6.10 Å². The second-order valence-electron chi connectivity index (χ2n) is 5.08. The number of nitrogens with zero attached hydrogens (tertiary/aromatic N) is 1. The Labute approximate surface area is 156 Å². The van der Waals surface area contributed by atoms with E-state index in [-0.39, 0.29) is 15.7 Å². The molecule has 1 amide bonds. The van der Waals surface area contributed by atoms with Gasteiger partial charge in [-0.2, -0.15) is 13.2 Å². The van der Waals surface area contributed by atoms with E-state index in [1.807, 2.05) is 0 Å². The molecule has 1 N–H and O–H groups in total. The Morgan fingerprint density at radius 1 is 1.23 bits per heavy atom. The van der Waals surface area contributed by atoms with Gasteiger partial charge in [-0.15, -0.1) is 0 Å². The monoisotopic (exact) mass is 406 g/mol. The number of rotatable bonds is 4. The molecule has 0 fully saturated rings. The highest BCUT2D eigenvalue weighted by molar-refractivity contribution is 6.41. The number of carbonyl (C=O) groups is 2. The van der Waals surface area contributed by atoms with Gasteiger partial charge < -0.3 is 10.1 Å². The molecule has 0 bridgehead atoms. The van der Waals surface area contributed by atoms with Crippen molar-refractivity contribution in [3.8, 4) is 0 Å². The summed E-state index contributed by atoms with van der Waals surface area (Å²) in [5.41, 5.74) is -1.51. The van der Waals surface area contributed by atoms with Crippen molar-refractivity contribution in [3.63, 3.8) is 0 Å². The number of ether oxygens (including phenoxy) is 1. The minimum Gasteiger partial charge on any atom is -0.449 e. The molecular formula is C16H11Cl2F3N2O3. The third-order valence-corrected chi connectivity index (χ3v) is 3.86. The van der Waals surface area contributed by atoms with Crippen molar-refractivity contribution in [1.82, 2.24) is 4.98 Å². The van der Waals surface area contributed by atoms with E-state index < -0.39 is 35.4 Å². The van der Waals surface area contributed by atoms with E-state index in [0.29, 0.717) is 0 Å². The smallest absolute Gasteiger partial charge is 0.418 e. The van der Waals surface area contributed by atoms with Gasteiger partial charge in [0.05, 0.1) is 21.8 Å². The van der Waals surface area contributed by atoms with Crippen LogP contribution in [0.3, 0.4) is 0 Å². The van der Waals surface area contributed by atoms with E-state index in [1.165, 1.54) is 25.1 Å². The average Bonchev–Trinajstić information content (AvgIpc) is 2.56. The molecule has 1 atom stereocenters. The molecule has 2 rings (SSSR count). The predicted molar refractivity (Wildman–Crippen MR) is 89.2 cm³/mol. The highest BCUT2D eigenvalue weighted by atomic mass is 35.5. The topological polar surface area (TPSA) is 68.3 Å². The number of pyridine rings is 1. The van der Waals surface area contributed by atoms with Crippen LogP contribution in [0.4, 0.5) is 18.9 Å². The second-order valence-corrected chi connectivity index (χ2v) is 5.84. The van der Waals surface area contributed by atoms with Crippen molar-refractivity contribution in [1.29, 1.82) is 0 Å². The van der Waals surface area contributed by atoms with Gasteiger partial charge in [0.1, 0.15) is 5.15 Å². The maximum Gasteiger partial charge on any atom is 0.418 e. The molecular weight excluding hydrogens is 396 g/mol. The Bertz CT molecular complexity index is 844. The molecule has 1 aromatic carbocycles. The molecule has 2 aromatic rings. The number of benzene rings is 1. The van der Waals surface area contributed by atoms with Crippen molar-refractivity contribution in [2.45, 2.75) is 19.2 Å². The van der Waals surface area contributed by atoms with E-state index in [0.717, 1.165) is 18.3 Å². The predicted octanol–water partition coefficient (Wildman–Crippen LogP) is 4.59. The van der Waals surface area contributed by atoms with E-state index >= 15 is 0 Å². The summed E-state index contributed by atoms with van der Waals surface area (Å²) >= 11 is 11.4. The first kappa shape index (κ1) is 20.0. The summed E-state index contributed by atoms with van der Waals surface area (Å²) in [5.74, 6) is -1.86. The molecule has 26 heavy (non-hydrogen) atoms. The first-order valence-electron chi connectivity index (χ1n) is 7.08. The maximum atomic E-state index is 12.9. The molecule has 0 aliphatic heterocycles. The van der Waals surface area contributed by atoms with Crippen LogP contribution in [-0.2, 0) is 15.7 Å². The molecule has 1 heterocycles. The molecule has 1 aromatic heterocycles. The standard InChI is InChI=1S/C16H11Cl2F3N2O3/c1-8(26-15(25)9-6-11(17)13(18)22-7-9)14(24)23-12-5-3-2-4-10(12)16(19,20)21/h2-8H,1H3,(H,23,24). The fraction of sp³-hybridized carbons (Fsp3) is 0.188. The summed E-state index contributed by atoms with van der Waals surface area (Å²) in [6.45, 7) is 1.22. The second kappa shape index (κ2) is 7.92. The highest BCUT2D eigenvalue weighted by Crippen LogP contribution is 2.34. The lowest BCUT2D eigenvalue weighted by atomic mass is 10.1. The van der Waals surface area contributed by atoms with Crippen molar-refractivity contribution in [2.75, 3.05) is 5.32 Å². The average molecular weight is 407 g/mol. The van der Waals surface area contributed by atoms with Crippen LogP contribution < -0.4 is 5.32 Å². The molecule has 0 radical (unpaired) electrons. The molecule has 0 saturated carbocycles. The van der Waals surface area contributed by atoms with Crippen LogP contribution in [0, 0.1) is 0 Å². The quantitative estimate of drug-likeness (QED) is 0.595. The van der Waals surface area contributed by atoms with Gasteiger partial charge in [-0.1, -0.05) is 35.3 Å². The van der Waals surface area contributed by atoms with Crippen LogP contribution in [0.25, 0.3) is 0 Å². The summed E-state index contributed by atoms with van der Waals surface area (Å²) in [6, 6.07) is 5.65. The van der Waals surface area contributed by atoms with Crippen LogP contribution in [-0.4, -0.2) is 23.0 Å². The minimum absolute atomic E-state index is 0.0114. The number of hydrogen-bond donors (Lipinski definition) is 1. The van der Waals surface area contributed by atoms with E-state index in [9.17, 15) is 22.8 Å². The van der Waals surface area contributed by atoms with E-state index in [4.69, 9.17) is 27.9 Å². The lowest BCUT2D eigenvalue weighted by molar-refractivity contribution is -0.137. The lowest BCUT2D eigenvalue weighted by Crippen LogP contribution is -2.30. The van der Waals surface area contributed by atoms with Gasteiger partial charge in [-0.3, -0.25) is 4.79 Å². The summed E-state index contributed by atoms with van der Waals surface area (Å²) in [4.78, 5) is 27.7. The van der Waals surface area contributed by atoms with Crippen LogP contribution >= 0.6 is 23.2 Å². The van der Waals surface area contributed by atoms with Gasteiger partial charge in [-0.05, 0) is 25.1 Å². The number of alkyl halides is 3. The van der Waals surface area contributed by atoms with Crippen molar-refractivity contribution in [3.05, 3.63) is 57.8 Å². The number of hydrogen-bond acceptors (Lipinski definition) is 4. The summed E-state index contributed by atoms with van der Waals surface area (Å²) in [5, 5.41) is 2.09. The minimum atomic E-state index is -4.64. The number of amides is 1. The summed E-state index contributed by atoms with van der Waals surface area (Å²) < 4.78 is 43.7. The van der Waals surface area contributed by atoms with E-state index in [1.54, 1.807) is 0 Å². The molecule has 5 nitrogen and oxygen atoms in total. The first-order valence-corrected chi connectivity index (χ1v) is 7.84. The number of halogens is 5. The van der Waals surface area contributed by atoms with Gasteiger partial charge in [0.25, 0.3) is 5.91 Å². The zero-order chi connectivity index (χ0) is 19.5. The van der Waals surface area contributed by atoms with Crippen molar-refractivity contribution in [2.24, 2.45) is 0 Å². The van der Waals surface area contributed by atoms with Crippen LogP contribution in [0.1, 0.15) is 22.8 Å². The first-order chi connectivity index (χ1) is 12.1. The van der Waals surface area contributed by atoms with Crippen LogP contribution in [0.15, 0.2) is 36.5 Å². The fourth-order valence-electron chi connectivity index (χ4n) is 1.89. The summed E-state index contributed by atoms with van der Waals surface area (Å²) in [7, 11) is 0. The Kier molecular flexibility index (Phi) is 6.09. The number of aromatic nitrogens is 1. The maximum absolute atomic E-state index is 12.9. The largest absolute Gasteiger partial charge is 0.449 e. The molecule has 0 spiro atoms. The number of anilines is 1. The number of carbonyl (C=O) groups excluding carboxylic acids is 2. The lowest BCUT2D eigenvalue weighted by Gasteiger charge is -2.16. The molecule has 0 aliphatic rings. The number of esters is 1. The Balaban J connectivity index is 2.09. The molecule has 138 valence electrons. The Morgan fingerprint density at radius 3 is 2.50 bits per heavy atom. The molecule has 10 heteroatoms. The zero-order valence-corrected chi connectivity index (χ0v) is 14.6. The van der Waals surface area contributed by atoms with Gasteiger partial charge in [0, 0.05) is 6.20 Å². The van der Waals surface area contributed by atoms with Crippen molar-refractivity contribution >= 4 is 40.8 Å². The van der Waals surface area contributed by atoms with Gasteiger partial charge >= 0.3 is 12.1 Å². The fourth-order valence-corrected chi connectivity index (χ4v) is 2.16. The highest BCUT2D eigenvalue weighted by Gasteiger charge is 2.34. The molecule has 0 aliphatic carbocycles. The zero-order valence-electron chi connectivity index (χ0n) is 13.1. The number of para-hydroxylation sites is 1. The number of nitrogens with one attached hydrogen (secondary N) is 1. The molecule has 1 unspecified atom stereocenters. The van der Waals surface area contributed by atoms with Crippen molar-refractivity contribution < 1.29 is 27.5 Å². The Morgan fingerprint density at radius 2 is 1.88 bits per heavy atom. The normalized spacial score (nSPS) is 12.4. The van der Waals surface area contributed by atoms with Crippen LogP contribution in [0.2, 0.25) is 10.2 Å². The van der Waals surface area contributed by atoms with Gasteiger partial charge in [-0.25, -0.2) is 9.78 Å². The van der Waals surface area contributed by atoms with Gasteiger partial charge in [0.2, 0.25) is 0 Å². The van der Waals surface area contributed by atoms with Crippen LogP contribution in [0.5, 0.6) is 0 Å². The van der Waals surface area contributed by atoms with E-state index in [2.05, 4.69) is 10.3 Å². The SMILES string of the molecule is CC(OC(=O)c1cnc(Cl)c(Cl)c1)C(=O)Nc1ccccc1C(F)(F)F. The third kappa shape index (κ3) is 4.86.